The molecule has 1 heterocycles. The molecule has 82 valence electrons. The van der Waals surface area contributed by atoms with Gasteiger partial charge in [-0.25, -0.2) is 0 Å². The summed E-state index contributed by atoms with van der Waals surface area (Å²) >= 11 is 3.55. The molecule has 0 saturated carbocycles. The lowest BCUT2D eigenvalue weighted by molar-refractivity contribution is -0.122. The summed E-state index contributed by atoms with van der Waals surface area (Å²) in [5.74, 6) is 0.152. The van der Waals surface area contributed by atoms with Crippen LogP contribution in [0.4, 0.5) is 0 Å². The van der Waals surface area contributed by atoms with E-state index in [9.17, 15) is 4.79 Å². The third kappa shape index (κ3) is 1.34. The normalized spacial score (nSPS) is 26.9. The van der Waals surface area contributed by atoms with Crippen LogP contribution in [0.1, 0.15) is 24.0 Å². The first-order chi connectivity index (χ1) is 7.71. The molecule has 1 spiro atoms. The second kappa shape index (κ2) is 3.45. The molecule has 3 heteroatoms. The van der Waals surface area contributed by atoms with Crippen LogP contribution in [0.15, 0.2) is 35.0 Å². The largest absolute Gasteiger partial charge is 0.490 e. The molecule has 1 aromatic rings. The Kier molecular flexibility index (Phi) is 2.18. The first-order valence-corrected chi connectivity index (χ1v) is 6.16. The first kappa shape index (κ1) is 10.1. The second-order valence-electron chi connectivity index (χ2n) is 4.32. The van der Waals surface area contributed by atoms with Gasteiger partial charge in [-0.15, -0.1) is 0 Å². The third-order valence-corrected chi connectivity index (χ3v) is 4.14. The van der Waals surface area contributed by atoms with Gasteiger partial charge < -0.3 is 4.74 Å². The zero-order valence-corrected chi connectivity index (χ0v) is 10.3. The van der Waals surface area contributed by atoms with Gasteiger partial charge in [0.05, 0.1) is 12.7 Å². The highest BCUT2D eigenvalue weighted by molar-refractivity contribution is 9.10. The molecule has 2 aliphatic rings. The Morgan fingerprint density at radius 1 is 1.38 bits per heavy atom. The highest BCUT2D eigenvalue weighted by Crippen LogP contribution is 2.46. The van der Waals surface area contributed by atoms with Crippen molar-refractivity contribution in [3.63, 3.8) is 0 Å². The lowest BCUT2D eigenvalue weighted by atomic mass is 9.89. The summed E-state index contributed by atoms with van der Waals surface area (Å²) in [5, 5.41) is 0. The minimum absolute atomic E-state index is 0.152. The van der Waals surface area contributed by atoms with Gasteiger partial charge in [0.2, 0.25) is 0 Å². The van der Waals surface area contributed by atoms with Gasteiger partial charge in [0.25, 0.3) is 0 Å². The van der Waals surface area contributed by atoms with Crippen LogP contribution in [-0.2, 0) is 21.6 Å². The van der Waals surface area contributed by atoms with E-state index in [-0.39, 0.29) is 5.78 Å². The minimum atomic E-state index is -0.398. The molecule has 1 aliphatic carbocycles. The van der Waals surface area contributed by atoms with E-state index in [0.717, 1.165) is 17.3 Å². The SMILES string of the molecule is O=C1C=COC2(CCc3c(Br)cccc32)C1. The fourth-order valence-corrected chi connectivity index (χ4v) is 3.19. The summed E-state index contributed by atoms with van der Waals surface area (Å²) in [4.78, 5) is 11.5. The zero-order valence-electron chi connectivity index (χ0n) is 8.70. The molecule has 0 fully saturated rings. The molecule has 0 radical (unpaired) electrons. The molecule has 3 rings (SSSR count). The van der Waals surface area contributed by atoms with Crippen LogP contribution in [0.25, 0.3) is 0 Å². The fourth-order valence-electron chi connectivity index (χ4n) is 2.63. The van der Waals surface area contributed by atoms with Crippen molar-refractivity contribution < 1.29 is 9.53 Å². The Bertz CT molecular complexity index is 493. The number of hydrogen-bond donors (Lipinski definition) is 0. The molecule has 0 aromatic heterocycles. The molecule has 0 N–H and O–H groups in total. The maximum absolute atomic E-state index is 11.5. The Balaban J connectivity index is 2.12. The second-order valence-corrected chi connectivity index (χ2v) is 5.18. The van der Waals surface area contributed by atoms with Crippen LogP contribution >= 0.6 is 15.9 Å². The van der Waals surface area contributed by atoms with E-state index in [1.54, 1.807) is 6.26 Å². The van der Waals surface area contributed by atoms with Crippen LogP contribution in [0, 0.1) is 0 Å². The van der Waals surface area contributed by atoms with Crippen molar-refractivity contribution in [2.75, 3.05) is 0 Å². The average Bonchev–Trinajstić information content (AvgIpc) is 2.59. The molecular formula is C13H11BrO2. The van der Waals surface area contributed by atoms with Gasteiger partial charge in [-0.3, -0.25) is 4.79 Å². The van der Waals surface area contributed by atoms with Crippen LogP contribution in [0.2, 0.25) is 0 Å². The molecule has 0 amide bonds. The van der Waals surface area contributed by atoms with E-state index >= 15 is 0 Å². The van der Waals surface area contributed by atoms with Crippen molar-refractivity contribution in [1.82, 2.24) is 0 Å². The van der Waals surface area contributed by atoms with E-state index in [4.69, 9.17) is 4.74 Å². The summed E-state index contributed by atoms with van der Waals surface area (Å²) in [6.07, 6.45) is 5.38. The Labute approximate surface area is 102 Å². The van der Waals surface area contributed by atoms with E-state index < -0.39 is 5.60 Å². The number of hydrogen-bond acceptors (Lipinski definition) is 2. The summed E-state index contributed by atoms with van der Waals surface area (Å²) in [6, 6.07) is 6.11. The Morgan fingerprint density at radius 3 is 3.06 bits per heavy atom. The van der Waals surface area contributed by atoms with Gasteiger partial charge in [-0.2, -0.15) is 0 Å². The quantitative estimate of drug-likeness (QED) is 0.729. The molecule has 1 aromatic carbocycles. The number of halogens is 1. The highest BCUT2D eigenvalue weighted by Gasteiger charge is 2.43. The van der Waals surface area contributed by atoms with Crippen molar-refractivity contribution in [1.29, 1.82) is 0 Å². The van der Waals surface area contributed by atoms with Gasteiger partial charge >= 0.3 is 0 Å². The van der Waals surface area contributed by atoms with Crippen LogP contribution in [0.3, 0.4) is 0 Å². The number of carbonyl (C=O) groups is 1. The first-order valence-electron chi connectivity index (χ1n) is 5.36. The van der Waals surface area contributed by atoms with Gasteiger partial charge in [-0.05, 0) is 24.5 Å². The molecule has 1 atom stereocenters. The van der Waals surface area contributed by atoms with Crippen LogP contribution in [-0.4, -0.2) is 5.78 Å². The number of benzene rings is 1. The van der Waals surface area contributed by atoms with Crippen molar-refractivity contribution in [3.05, 3.63) is 46.1 Å². The minimum Gasteiger partial charge on any atom is -0.490 e. The van der Waals surface area contributed by atoms with E-state index in [0.29, 0.717) is 6.42 Å². The fraction of sp³-hybridized carbons (Fsp3) is 0.308. The van der Waals surface area contributed by atoms with Gasteiger partial charge in [0.15, 0.2) is 5.78 Å². The zero-order chi connectivity index (χ0) is 11.2. The number of allylic oxidation sites excluding steroid dienone is 1. The summed E-state index contributed by atoms with van der Waals surface area (Å²) < 4.78 is 6.87. The maximum atomic E-state index is 11.5. The number of rotatable bonds is 0. The number of carbonyl (C=O) groups excluding carboxylic acids is 1. The summed E-state index contributed by atoms with van der Waals surface area (Å²) in [6.45, 7) is 0. The lowest BCUT2D eigenvalue weighted by Gasteiger charge is -2.31. The predicted octanol–water partition coefficient (Wildman–Crippen LogP) is 3.09. The molecular weight excluding hydrogens is 268 g/mol. The topological polar surface area (TPSA) is 26.3 Å². The summed E-state index contributed by atoms with van der Waals surface area (Å²) in [5.41, 5.74) is 2.05. The van der Waals surface area contributed by atoms with Gasteiger partial charge in [-0.1, -0.05) is 28.1 Å². The molecule has 0 saturated heterocycles. The van der Waals surface area contributed by atoms with Crippen LogP contribution in [0.5, 0.6) is 0 Å². The van der Waals surface area contributed by atoms with Crippen molar-refractivity contribution in [2.24, 2.45) is 0 Å². The van der Waals surface area contributed by atoms with E-state index in [1.807, 2.05) is 12.1 Å². The van der Waals surface area contributed by atoms with Gasteiger partial charge in [0.1, 0.15) is 5.60 Å². The van der Waals surface area contributed by atoms with Crippen LogP contribution < -0.4 is 0 Å². The number of ketones is 1. The molecule has 0 bridgehead atoms. The van der Waals surface area contributed by atoms with Crippen molar-refractivity contribution in [3.8, 4) is 0 Å². The van der Waals surface area contributed by atoms with Crippen molar-refractivity contribution >= 4 is 21.7 Å². The lowest BCUT2D eigenvalue weighted by Crippen LogP contribution is -2.30. The molecule has 16 heavy (non-hydrogen) atoms. The number of fused-ring (bicyclic) bond motifs is 2. The third-order valence-electron chi connectivity index (χ3n) is 3.40. The van der Waals surface area contributed by atoms with Crippen molar-refractivity contribution in [2.45, 2.75) is 24.9 Å². The van der Waals surface area contributed by atoms with E-state index in [2.05, 4.69) is 22.0 Å². The van der Waals surface area contributed by atoms with E-state index in [1.165, 1.54) is 17.2 Å². The predicted molar refractivity (Wildman–Crippen MR) is 64.0 cm³/mol. The summed E-state index contributed by atoms with van der Waals surface area (Å²) in [7, 11) is 0. The molecule has 1 unspecified atom stereocenters. The molecule has 2 nitrogen and oxygen atoms in total. The highest BCUT2D eigenvalue weighted by atomic mass is 79.9. The smallest absolute Gasteiger partial charge is 0.163 e. The monoisotopic (exact) mass is 278 g/mol. The van der Waals surface area contributed by atoms with Gasteiger partial charge in [0, 0.05) is 16.1 Å². The standard InChI is InChI=1S/C13H11BrO2/c14-12-3-1-2-11-10(12)4-6-13(11)8-9(15)5-7-16-13/h1-3,5,7H,4,6,8H2. The Hall–Kier alpha value is -1.09. The average molecular weight is 279 g/mol. The molecule has 1 aliphatic heterocycles. The maximum Gasteiger partial charge on any atom is 0.163 e. The Morgan fingerprint density at radius 2 is 2.25 bits per heavy atom. The number of ether oxygens (including phenoxy) is 1.